The molecule has 0 bridgehead atoms. The molecule has 4 rings (SSSR count). The van der Waals surface area contributed by atoms with Gasteiger partial charge in [-0.15, -0.1) is 0 Å². The Morgan fingerprint density at radius 3 is 2.74 bits per heavy atom. The number of hydrogen-bond acceptors (Lipinski definition) is 11. The minimum absolute atomic E-state index is 0.0664. The SMILES string of the molecule is CCOc1nc(N)nc2c1ncn2[C@@H]1O[C@H](CO[PH](=O)Oc2ccccc2)[C@@H](CF)[C@H]1OC(C)=O. The lowest BCUT2D eigenvalue weighted by molar-refractivity contribution is -0.153. The molecule has 188 valence electrons. The van der Waals surface area contributed by atoms with E-state index in [1.165, 1.54) is 17.8 Å². The molecule has 1 fully saturated rings. The molecule has 3 heterocycles. The van der Waals surface area contributed by atoms with Crippen LogP contribution in [0.5, 0.6) is 11.6 Å². The van der Waals surface area contributed by atoms with Crippen LogP contribution in [0.4, 0.5) is 10.3 Å². The first kappa shape index (κ1) is 24.8. The monoisotopic (exact) mass is 509 g/mol. The number of halogens is 1. The molecule has 2 N–H and O–H groups in total. The number of aromatic nitrogens is 4. The molecule has 0 saturated carbocycles. The lowest BCUT2D eigenvalue weighted by atomic mass is 10.00. The van der Waals surface area contributed by atoms with E-state index >= 15 is 0 Å². The molecule has 0 radical (unpaired) electrons. The first-order valence-corrected chi connectivity index (χ1v) is 12.0. The van der Waals surface area contributed by atoms with Gasteiger partial charge in [-0.3, -0.25) is 18.3 Å². The molecule has 0 amide bonds. The highest BCUT2D eigenvalue weighted by atomic mass is 31.1. The summed E-state index contributed by atoms with van der Waals surface area (Å²) in [7, 11) is -2.96. The number of benzene rings is 1. The molecule has 5 atom stereocenters. The fraction of sp³-hybridized carbons (Fsp3) is 0.429. The Kier molecular flexibility index (Phi) is 7.79. The van der Waals surface area contributed by atoms with Crippen molar-refractivity contribution in [1.29, 1.82) is 0 Å². The van der Waals surface area contributed by atoms with Crippen LogP contribution in [-0.2, 0) is 23.4 Å². The van der Waals surface area contributed by atoms with Crippen molar-refractivity contribution in [2.45, 2.75) is 32.3 Å². The van der Waals surface area contributed by atoms with Crippen LogP contribution in [0.15, 0.2) is 36.7 Å². The summed E-state index contributed by atoms with van der Waals surface area (Å²) >= 11 is 0. The number of nitrogens with two attached hydrogens (primary N) is 1. The minimum Gasteiger partial charge on any atom is -0.476 e. The topological polar surface area (TPSA) is 150 Å². The predicted octanol–water partition coefficient (Wildman–Crippen LogP) is 2.71. The van der Waals surface area contributed by atoms with Gasteiger partial charge in [0.25, 0.3) is 0 Å². The summed E-state index contributed by atoms with van der Waals surface area (Å²) in [5.41, 5.74) is 6.39. The minimum atomic E-state index is -2.96. The quantitative estimate of drug-likeness (QED) is 0.317. The number of carbonyl (C=O) groups is 1. The Labute approximate surface area is 200 Å². The van der Waals surface area contributed by atoms with Gasteiger partial charge in [-0.1, -0.05) is 18.2 Å². The standard InChI is InChI=1S/C21H25FN5O7P/c1-3-30-19-16-18(25-21(23)26-19)27(11-24-16)20-17(32-12(2)28)14(9-22)15(33-20)10-31-35(29)34-13-7-5-4-6-8-13/h4-8,11,14-15,17,20,35H,3,9-10H2,1-2H3,(H2,23,25,26)/t14-,15-,17-,20-/m1/s1. The second-order valence-corrected chi connectivity index (χ2v) is 8.57. The van der Waals surface area contributed by atoms with Crippen LogP contribution in [0, 0.1) is 5.92 Å². The van der Waals surface area contributed by atoms with Gasteiger partial charge < -0.3 is 24.5 Å². The zero-order valence-electron chi connectivity index (χ0n) is 19.0. The van der Waals surface area contributed by atoms with E-state index in [1.807, 2.05) is 0 Å². The maximum atomic E-state index is 14.2. The van der Waals surface area contributed by atoms with Crippen molar-refractivity contribution in [2.24, 2.45) is 5.92 Å². The normalized spacial score (nSPS) is 22.7. The molecule has 0 aliphatic carbocycles. The van der Waals surface area contributed by atoms with E-state index in [1.54, 1.807) is 37.3 Å². The van der Waals surface area contributed by atoms with Crippen molar-refractivity contribution >= 4 is 31.3 Å². The average Bonchev–Trinajstić information content (AvgIpc) is 3.39. The van der Waals surface area contributed by atoms with Crippen LogP contribution in [0.2, 0.25) is 0 Å². The van der Waals surface area contributed by atoms with E-state index in [2.05, 4.69) is 15.0 Å². The fourth-order valence-corrected chi connectivity index (χ4v) is 4.47. The molecule has 3 aromatic rings. The smallest absolute Gasteiger partial charge is 0.367 e. The third kappa shape index (κ3) is 5.53. The molecule has 1 aromatic carbocycles. The Morgan fingerprint density at radius 2 is 2.06 bits per heavy atom. The average molecular weight is 509 g/mol. The number of fused-ring (bicyclic) bond motifs is 1. The number of esters is 1. The van der Waals surface area contributed by atoms with Gasteiger partial charge in [0.1, 0.15) is 5.75 Å². The van der Waals surface area contributed by atoms with Gasteiger partial charge in [0.05, 0.1) is 38.2 Å². The Hall–Kier alpha value is -3.28. The summed E-state index contributed by atoms with van der Waals surface area (Å²) in [5, 5.41) is 0. The maximum absolute atomic E-state index is 14.2. The van der Waals surface area contributed by atoms with Crippen LogP contribution < -0.4 is 15.0 Å². The van der Waals surface area contributed by atoms with Crippen molar-refractivity contribution in [3.63, 3.8) is 0 Å². The largest absolute Gasteiger partial charge is 0.476 e. The summed E-state index contributed by atoms with van der Waals surface area (Å²) in [4.78, 5) is 24.4. The number of nitrogen functional groups attached to an aromatic ring is 1. The van der Waals surface area contributed by atoms with Gasteiger partial charge in [0.2, 0.25) is 11.8 Å². The lowest BCUT2D eigenvalue weighted by Gasteiger charge is -2.22. The van der Waals surface area contributed by atoms with Crippen LogP contribution >= 0.6 is 8.25 Å². The van der Waals surface area contributed by atoms with Gasteiger partial charge in [-0.2, -0.15) is 9.97 Å². The molecule has 1 saturated heterocycles. The Morgan fingerprint density at radius 1 is 1.29 bits per heavy atom. The molecule has 1 unspecified atom stereocenters. The molecule has 14 heteroatoms. The summed E-state index contributed by atoms with van der Waals surface area (Å²) < 4.78 is 55.5. The number of imidazole rings is 1. The van der Waals surface area contributed by atoms with Gasteiger partial charge >= 0.3 is 14.2 Å². The van der Waals surface area contributed by atoms with Crippen molar-refractivity contribution in [3.8, 4) is 11.6 Å². The van der Waals surface area contributed by atoms with E-state index in [9.17, 15) is 13.8 Å². The van der Waals surface area contributed by atoms with E-state index in [0.29, 0.717) is 17.9 Å². The van der Waals surface area contributed by atoms with E-state index < -0.39 is 45.3 Å². The molecule has 1 aliphatic rings. The van der Waals surface area contributed by atoms with Crippen molar-refractivity contribution in [3.05, 3.63) is 36.7 Å². The zero-order chi connectivity index (χ0) is 24.9. The number of carbonyl (C=O) groups excluding carboxylic acids is 1. The molecule has 2 aromatic heterocycles. The number of nitrogens with zero attached hydrogens (tertiary/aromatic N) is 4. The highest BCUT2D eigenvalue weighted by molar-refractivity contribution is 7.33. The number of hydrogen-bond donors (Lipinski definition) is 1. The molecular formula is C21H25FN5O7P. The summed E-state index contributed by atoms with van der Waals surface area (Å²) in [6.45, 7) is 2.16. The Bertz CT molecular complexity index is 1200. The van der Waals surface area contributed by atoms with E-state index in [0.717, 1.165) is 0 Å². The van der Waals surface area contributed by atoms with E-state index in [-0.39, 0.29) is 24.1 Å². The first-order chi connectivity index (χ1) is 16.9. The fourth-order valence-electron chi connectivity index (χ4n) is 3.79. The van der Waals surface area contributed by atoms with Gasteiger partial charge in [-0.25, -0.2) is 9.55 Å². The number of ether oxygens (including phenoxy) is 3. The summed E-state index contributed by atoms with van der Waals surface area (Å²) in [5.74, 6) is -1.07. The lowest BCUT2D eigenvalue weighted by Crippen LogP contribution is -2.33. The molecule has 12 nitrogen and oxygen atoms in total. The maximum Gasteiger partial charge on any atom is 0.367 e. The molecule has 0 spiro atoms. The second-order valence-electron chi connectivity index (χ2n) is 7.58. The number of anilines is 1. The van der Waals surface area contributed by atoms with Gasteiger partial charge in [-0.05, 0) is 19.1 Å². The molecular weight excluding hydrogens is 484 g/mol. The van der Waals surface area contributed by atoms with Gasteiger partial charge in [0, 0.05) is 6.92 Å². The van der Waals surface area contributed by atoms with Crippen LogP contribution in [0.3, 0.4) is 0 Å². The molecule has 35 heavy (non-hydrogen) atoms. The Balaban J connectivity index is 1.58. The first-order valence-electron chi connectivity index (χ1n) is 10.8. The highest BCUT2D eigenvalue weighted by Gasteiger charge is 2.48. The summed E-state index contributed by atoms with van der Waals surface area (Å²) in [6, 6.07) is 8.49. The van der Waals surface area contributed by atoms with Crippen molar-refractivity contribution in [1.82, 2.24) is 19.5 Å². The van der Waals surface area contributed by atoms with Crippen LogP contribution in [0.25, 0.3) is 11.2 Å². The van der Waals surface area contributed by atoms with Gasteiger partial charge in [0.15, 0.2) is 23.5 Å². The van der Waals surface area contributed by atoms with Crippen molar-refractivity contribution < 1.29 is 37.0 Å². The van der Waals surface area contributed by atoms with Crippen molar-refractivity contribution in [2.75, 3.05) is 25.6 Å². The number of para-hydroxylation sites is 1. The zero-order valence-corrected chi connectivity index (χ0v) is 20.0. The third-order valence-electron chi connectivity index (χ3n) is 5.25. The molecule has 1 aliphatic heterocycles. The number of alkyl halides is 1. The summed E-state index contributed by atoms with van der Waals surface area (Å²) in [6.07, 6.45) is -1.58. The van der Waals surface area contributed by atoms with E-state index in [4.69, 9.17) is 29.0 Å². The second kappa shape index (κ2) is 11.0. The number of rotatable bonds is 10. The van der Waals surface area contributed by atoms with Crippen LogP contribution in [-0.4, -0.2) is 57.6 Å². The third-order valence-corrected chi connectivity index (χ3v) is 6.05. The van der Waals surface area contributed by atoms with Crippen LogP contribution in [0.1, 0.15) is 20.1 Å². The predicted molar refractivity (Wildman–Crippen MR) is 122 cm³/mol. The highest BCUT2D eigenvalue weighted by Crippen LogP contribution is 2.40.